The summed E-state index contributed by atoms with van der Waals surface area (Å²) in [5.74, 6) is 0.704. The van der Waals surface area contributed by atoms with Gasteiger partial charge < -0.3 is 4.74 Å². The van der Waals surface area contributed by atoms with Gasteiger partial charge in [0.15, 0.2) is 6.29 Å². The first-order valence-corrected chi connectivity index (χ1v) is 12.1. The molecule has 32 heavy (non-hydrogen) atoms. The summed E-state index contributed by atoms with van der Waals surface area (Å²) in [5.41, 5.74) is 3.35. The van der Waals surface area contributed by atoms with E-state index in [1.807, 2.05) is 30.3 Å². The van der Waals surface area contributed by atoms with Crippen LogP contribution in [0.1, 0.15) is 27.3 Å². The number of aromatic nitrogens is 2. The fourth-order valence-corrected chi connectivity index (χ4v) is 4.85. The quantitative estimate of drug-likeness (QED) is 0.496. The second-order valence-electron chi connectivity index (χ2n) is 7.31. The highest BCUT2D eigenvalue weighted by atomic mass is 35.5. The van der Waals surface area contributed by atoms with Crippen LogP contribution in [0.2, 0.25) is 10.0 Å². The maximum atomic E-state index is 12.4. The van der Waals surface area contributed by atoms with Crippen LogP contribution in [-0.4, -0.2) is 48.7 Å². The Morgan fingerprint density at radius 3 is 2.41 bits per heavy atom. The molecule has 4 rings (SSSR count). The molecule has 0 saturated carbocycles. The number of fused-ring (bicyclic) bond motifs is 1. The van der Waals surface area contributed by atoms with Gasteiger partial charge in [0.2, 0.25) is 10.0 Å². The van der Waals surface area contributed by atoms with E-state index in [4.69, 9.17) is 27.9 Å². The van der Waals surface area contributed by atoms with Crippen LogP contribution in [0, 0.1) is 0 Å². The molecule has 0 amide bonds. The number of hydrogen-bond acceptors (Lipinski definition) is 5. The van der Waals surface area contributed by atoms with E-state index in [9.17, 15) is 13.2 Å². The number of ether oxygens (including phenoxy) is 1. The second-order valence-corrected chi connectivity index (χ2v) is 10.1. The maximum Gasteiger partial charge on any atom is 0.211 e. The third kappa shape index (κ3) is 4.31. The van der Waals surface area contributed by atoms with Gasteiger partial charge in [0.25, 0.3) is 0 Å². The largest absolute Gasteiger partial charge is 0.497 e. The summed E-state index contributed by atoms with van der Waals surface area (Å²) in [6, 6.07) is 12.3. The van der Waals surface area contributed by atoms with Gasteiger partial charge in [-0.1, -0.05) is 35.3 Å². The van der Waals surface area contributed by atoms with E-state index >= 15 is 0 Å². The van der Waals surface area contributed by atoms with Crippen molar-refractivity contribution in [2.45, 2.75) is 6.54 Å². The number of aldehydes is 1. The van der Waals surface area contributed by atoms with Crippen molar-refractivity contribution < 1.29 is 17.9 Å². The molecule has 7 nitrogen and oxygen atoms in total. The van der Waals surface area contributed by atoms with E-state index in [2.05, 4.69) is 5.10 Å². The lowest BCUT2D eigenvalue weighted by Gasteiger charge is -2.28. The number of nitrogens with zero attached hydrogens (tertiary/aromatic N) is 3. The predicted octanol–water partition coefficient (Wildman–Crippen LogP) is 4.32. The van der Waals surface area contributed by atoms with Crippen LogP contribution in [-0.2, 0) is 16.6 Å². The zero-order valence-corrected chi connectivity index (χ0v) is 19.6. The van der Waals surface area contributed by atoms with E-state index in [0.29, 0.717) is 44.6 Å². The summed E-state index contributed by atoms with van der Waals surface area (Å²) in [7, 11) is -1.94. The first kappa shape index (κ1) is 22.5. The summed E-state index contributed by atoms with van der Waals surface area (Å²) in [6.07, 6.45) is 3.63. The third-order valence-corrected chi connectivity index (χ3v) is 6.91. The fourth-order valence-electron chi connectivity index (χ4n) is 3.62. The van der Waals surface area contributed by atoms with Gasteiger partial charge in [0.05, 0.1) is 29.8 Å². The van der Waals surface area contributed by atoms with Crippen LogP contribution in [0.15, 0.2) is 42.5 Å². The molecule has 1 aliphatic rings. The Morgan fingerprint density at radius 2 is 1.81 bits per heavy atom. The number of benzene rings is 2. The van der Waals surface area contributed by atoms with Crippen LogP contribution >= 0.6 is 23.2 Å². The Labute approximate surface area is 195 Å². The fraction of sp³-hybridized carbons (Fsp3) is 0.182. The lowest BCUT2D eigenvalue weighted by Crippen LogP contribution is -2.35. The molecule has 1 aromatic heterocycles. The molecule has 0 bridgehead atoms. The number of hydrogen-bond donors (Lipinski definition) is 0. The standard InChI is InChI=1S/C22H19Cl2N3O4S/c1-31-17-6-3-14(4-7-17)9-15-11-26(32(2,29)30)12-18-20(13-28)25-27(22(15)18)21-8-5-16(23)10-19(21)24/h3-10,13H,11-12H2,1-2H3/b15-9+. The van der Waals surface area contributed by atoms with Gasteiger partial charge >= 0.3 is 0 Å². The SMILES string of the molecule is COc1ccc(/C=C2\CN(S(C)(=O)=O)Cc3c(C=O)nn(-c4ccc(Cl)cc4Cl)c32)cc1. The Balaban J connectivity index is 1.95. The van der Waals surface area contributed by atoms with Gasteiger partial charge in [0, 0.05) is 23.7 Å². The van der Waals surface area contributed by atoms with Gasteiger partial charge in [-0.15, -0.1) is 0 Å². The molecule has 2 aromatic carbocycles. The van der Waals surface area contributed by atoms with Crippen molar-refractivity contribution >= 4 is 51.2 Å². The molecule has 0 fully saturated rings. The van der Waals surface area contributed by atoms with Crippen LogP contribution in [0.3, 0.4) is 0 Å². The van der Waals surface area contributed by atoms with Crippen LogP contribution in [0.4, 0.5) is 0 Å². The Morgan fingerprint density at radius 1 is 1.09 bits per heavy atom. The van der Waals surface area contributed by atoms with Crippen molar-refractivity contribution in [2.24, 2.45) is 0 Å². The van der Waals surface area contributed by atoms with Gasteiger partial charge in [-0.2, -0.15) is 9.40 Å². The minimum absolute atomic E-state index is 0.0351. The zero-order valence-electron chi connectivity index (χ0n) is 17.2. The lowest BCUT2D eigenvalue weighted by atomic mass is 9.99. The molecule has 0 N–H and O–H groups in total. The maximum absolute atomic E-state index is 12.4. The summed E-state index contributed by atoms with van der Waals surface area (Å²) >= 11 is 12.5. The number of rotatable bonds is 5. The molecular formula is C22H19Cl2N3O4S. The molecule has 2 heterocycles. The first-order chi connectivity index (χ1) is 15.2. The van der Waals surface area contributed by atoms with Crippen molar-refractivity contribution in [1.82, 2.24) is 14.1 Å². The van der Waals surface area contributed by atoms with E-state index < -0.39 is 10.0 Å². The number of methoxy groups -OCH3 is 1. The molecule has 166 valence electrons. The molecule has 10 heteroatoms. The predicted molar refractivity (Wildman–Crippen MR) is 125 cm³/mol. The van der Waals surface area contributed by atoms with Crippen LogP contribution in [0.5, 0.6) is 5.75 Å². The smallest absolute Gasteiger partial charge is 0.211 e. The summed E-state index contributed by atoms with van der Waals surface area (Å²) < 4.78 is 32.8. The minimum Gasteiger partial charge on any atom is -0.497 e. The van der Waals surface area contributed by atoms with Crippen molar-refractivity contribution in [3.63, 3.8) is 0 Å². The molecular weight excluding hydrogens is 473 g/mol. The van der Waals surface area contributed by atoms with Crippen LogP contribution in [0.25, 0.3) is 17.3 Å². The normalized spacial score (nSPS) is 15.6. The molecule has 0 aliphatic carbocycles. The molecule has 0 atom stereocenters. The van der Waals surface area contributed by atoms with E-state index in [1.54, 1.807) is 30.0 Å². The molecule has 0 spiro atoms. The first-order valence-electron chi connectivity index (χ1n) is 9.54. The third-order valence-electron chi connectivity index (χ3n) is 5.18. The Hall–Kier alpha value is -2.65. The Kier molecular flexibility index (Phi) is 6.13. The van der Waals surface area contributed by atoms with Crippen LogP contribution < -0.4 is 4.74 Å². The van der Waals surface area contributed by atoms with E-state index in [-0.39, 0.29) is 18.8 Å². The van der Waals surface area contributed by atoms with Crippen molar-refractivity contribution in [1.29, 1.82) is 0 Å². The lowest BCUT2D eigenvalue weighted by molar-refractivity contribution is 0.111. The Bertz CT molecular complexity index is 1330. The van der Waals surface area contributed by atoms with Gasteiger partial charge in [-0.25, -0.2) is 13.1 Å². The van der Waals surface area contributed by atoms with E-state index in [0.717, 1.165) is 11.8 Å². The van der Waals surface area contributed by atoms with Gasteiger partial charge in [-0.3, -0.25) is 4.79 Å². The molecule has 0 saturated heterocycles. The molecule has 3 aromatic rings. The van der Waals surface area contributed by atoms with Crippen molar-refractivity contribution in [3.8, 4) is 11.4 Å². The summed E-state index contributed by atoms with van der Waals surface area (Å²) in [5, 5.41) is 5.27. The van der Waals surface area contributed by atoms with Gasteiger partial charge in [0.1, 0.15) is 11.4 Å². The average Bonchev–Trinajstić information content (AvgIpc) is 3.12. The number of halogens is 2. The zero-order chi connectivity index (χ0) is 23.0. The van der Waals surface area contributed by atoms with Crippen molar-refractivity contribution in [3.05, 3.63) is 75.0 Å². The monoisotopic (exact) mass is 491 g/mol. The number of carbonyl (C=O) groups excluding carboxylic acids is 1. The average molecular weight is 492 g/mol. The molecule has 0 unspecified atom stereocenters. The van der Waals surface area contributed by atoms with Gasteiger partial charge in [-0.05, 0) is 47.5 Å². The minimum atomic E-state index is -3.52. The number of sulfonamides is 1. The highest BCUT2D eigenvalue weighted by Gasteiger charge is 2.33. The molecule has 1 aliphatic heterocycles. The van der Waals surface area contributed by atoms with Crippen molar-refractivity contribution in [2.75, 3.05) is 19.9 Å². The number of carbonyl (C=O) groups is 1. The summed E-state index contributed by atoms with van der Waals surface area (Å²) in [4.78, 5) is 11.8. The topological polar surface area (TPSA) is 81.5 Å². The highest BCUT2D eigenvalue weighted by Crippen LogP contribution is 2.36. The summed E-state index contributed by atoms with van der Waals surface area (Å²) in [6.45, 7) is 0.153. The van der Waals surface area contributed by atoms with E-state index in [1.165, 1.54) is 4.31 Å². The highest BCUT2D eigenvalue weighted by molar-refractivity contribution is 7.88. The molecule has 0 radical (unpaired) electrons. The second kappa shape index (κ2) is 8.71.